The number of hydrogen-bond acceptors (Lipinski definition) is 4. The molecule has 0 saturated carbocycles. The predicted octanol–water partition coefficient (Wildman–Crippen LogP) is 1.50. The Labute approximate surface area is 123 Å². The van der Waals surface area contributed by atoms with E-state index in [0.717, 1.165) is 31.6 Å². The lowest BCUT2D eigenvalue weighted by atomic mass is 10.1. The van der Waals surface area contributed by atoms with E-state index in [9.17, 15) is 4.79 Å². The van der Waals surface area contributed by atoms with Crippen LogP contribution in [-0.2, 0) is 6.54 Å². The van der Waals surface area contributed by atoms with E-state index in [-0.39, 0.29) is 11.9 Å². The highest BCUT2D eigenvalue weighted by Crippen LogP contribution is 2.33. The zero-order valence-electron chi connectivity index (χ0n) is 12.0. The molecule has 21 heavy (non-hydrogen) atoms. The molecule has 1 aliphatic rings. The van der Waals surface area contributed by atoms with Crippen LogP contribution in [0, 0.1) is 0 Å². The summed E-state index contributed by atoms with van der Waals surface area (Å²) in [5.74, 6) is -0.0908. The molecular formula is C15H19N5O. The predicted molar refractivity (Wildman–Crippen MR) is 78.6 cm³/mol. The molecular weight excluding hydrogens is 266 g/mol. The SMILES string of the molecule is CNC(=O)c1cn[nH]c1[C@@H]1CCCN1Cc1cccnc1. The summed E-state index contributed by atoms with van der Waals surface area (Å²) < 4.78 is 0. The molecule has 0 radical (unpaired) electrons. The molecule has 1 fully saturated rings. The van der Waals surface area contributed by atoms with E-state index in [1.807, 2.05) is 12.3 Å². The van der Waals surface area contributed by atoms with Gasteiger partial charge in [-0.2, -0.15) is 5.10 Å². The third-order valence-corrected chi connectivity index (χ3v) is 3.95. The Bertz CT molecular complexity index is 610. The third kappa shape index (κ3) is 2.80. The molecule has 1 atom stereocenters. The molecule has 1 aliphatic heterocycles. The number of nitrogens with zero attached hydrogens (tertiary/aromatic N) is 3. The lowest BCUT2D eigenvalue weighted by Gasteiger charge is -2.24. The van der Waals surface area contributed by atoms with Gasteiger partial charge in [0.1, 0.15) is 0 Å². The fourth-order valence-electron chi connectivity index (χ4n) is 2.93. The minimum Gasteiger partial charge on any atom is -0.355 e. The fraction of sp³-hybridized carbons (Fsp3) is 0.400. The number of aromatic nitrogens is 3. The summed E-state index contributed by atoms with van der Waals surface area (Å²) in [6.45, 7) is 1.86. The Morgan fingerprint density at radius 1 is 1.52 bits per heavy atom. The zero-order valence-corrected chi connectivity index (χ0v) is 12.0. The number of amides is 1. The molecule has 2 aromatic rings. The van der Waals surface area contributed by atoms with Crippen LogP contribution in [-0.4, -0.2) is 39.6 Å². The van der Waals surface area contributed by atoms with Crippen LogP contribution in [0.1, 0.15) is 40.5 Å². The first-order chi connectivity index (χ1) is 10.3. The molecule has 0 aromatic carbocycles. The largest absolute Gasteiger partial charge is 0.355 e. The van der Waals surface area contributed by atoms with E-state index >= 15 is 0 Å². The number of H-pyrrole nitrogens is 1. The van der Waals surface area contributed by atoms with E-state index in [1.165, 1.54) is 5.56 Å². The van der Waals surface area contributed by atoms with Crippen molar-refractivity contribution in [3.63, 3.8) is 0 Å². The fourth-order valence-corrected chi connectivity index (χ4v) is 2.93. The second kappa shape index (κ2) is 6.05. The number of nitrogens with one attached hydrogen (secondary N) is 2. The smallest absolute Gasteiger partial charge is 0.254 e. The van der Waals surface area contributed by atoms with Gasteiger partial charge < -0.3 is 5.32 Å². The number of pyridine rings is 1. The molecule has 6 nitrogen and oxygen atoms in total. The van der Waals surface area contributed by atoms with Crippen molar-refractivity contribution in [2.24, 2.45) is 0 Å². The van der Waals surface area contributed by atoms with Crippen LogP contribution < -0.4 is 5.32 Å². The van der Waals surface area contributed by atoms with Crippen LogP contribution in [0.4, 0.5) is 0 Å². The van der Waals surface area contributed by atoms with Gasteiger partial charge >= 0.3 is 0 Å². The molecule has 1 amide bonds. The van der Waals surface area contributed by atoms with Crippen LogP contribution in [0.25, 0.3) is 0 Å². The molecule has 0 unspecified atom stereocenters. The maximum Gasteiger partial charge on any atom is 0.254 e. The Hall–Kier alpha value is -2.21. The number of likely N-dealkylation sites (tertiary alicyclic amines) is 1. The van der Waals surface area contributed by atoms with E-state index in [4.69, 9.17) is 0 Å². The van der Waals surface area contributed by atoms with Crippen LogP contribution in [0.5, 0.6) is 0 Å². The van der Waals surface area contributed by atoms with Crippen molar-refractivity contribution in [3.05, 3.63) is 47.5 Å². The van der Waals surface area contributed by atoms with Gasteiger partial charge in [-0.1, -0.05) is 6.07 Å². The van der Waals surface area contributed by atoms with Crippen molar-refractivity contribution < 1.29 is 4.79 Å². The monoisotopic (exact) mass is 285 g/mol. The van der Waals surface area contributed by atoms with Crippen molar-refractivity contribution in [3.8, 4) is 0 Å². The topological polar surface area (TPSA) is 73.9 Å². The Morgan fingerprint density at radius 3 is 3.19 bits per heavy atom. The first kappa shape index (κ1) is 13.8. The summed E-state index contributed by atoms with van der Waals surface area (Å²) in [7, 11) is 1.64. The highest BCUT2D eigenvalue weighted by atomic mass is 16.1. The van der Waals surface area contributed by atoms with Gasteiger partial charge in [-0.05, 0) is 31.0 Å². The van der Waals surface area contributed by atoms with Crippen molar-refractivity contribution in [2.45, 2.75) is 25.4 Å². The summed E-state index contributed by atoms with van der Waals surface area (Å²) in [5, 5.41) is 9.73. The highest BCUT2D eigenvalue weighted by Gasteiger charge is 2.30. The van der Waals surface area contributed by atoms with Gasteiger partial charge in [0.05, 0.1) is 23.5 Å². The van der Waals surface area contributed by atoms with Gasteiger partial charge in [-0.15, -0.1) is 0 Å². The normalized spacial score (nSPS) is 18.8. The second-order valence-electron chi connectivity index (χ2n) is 5.27. The molecule has 2 aromatic heterocycles. The zero-order chi connectivity index (χ0) is 14.7. The number of aromatic amines is 1. The van der Waals surface area contributed by atoms with Crippen molar-refractivity contribution in [2.75, 3.05) is 13.6 Å². The maximum absolute atomic E-state index is 11.9. The summed E-state index contributed by atoms with van der Waals surface area (Å²) in [6.07, 6.45) is 7.43. The van der Waals surface area contributed by atoms with E-state index in [2.05, 4.69) is 31.5 Å². The molecule has 3 heterocycles. The van der Waals surface area contributed by atoms with Gasteiger partial charge in [0.25, 0.3) is 5.91 Å². The standard InChI is InChI=1S/C15H19N5O/c1-16-15(21)12-9-18-19-14(12)13-5-3-7-20(13)10-11-4-2-6-17-8-11/h2,4,6,8-9,13H,3,5,7,10H2,1H3,(H,16,21)(H,18,19)/t13-/m0/s1. The molecule has 6 heteroatoms. The van der Waals surface area contributed by atoms with Crippen molar-refractivity contribution in [1.29, 1.82) is 0 Å². The first-order valence-corrected chi connectivity index (χ1v) is 7.18. The highest BCUT2D eigenvalue weighted by molar-refractivity contribution is 5.95. The average molecular weight is 285 g/mol. The van der Waals surface area contributed by atoms with Crippen LogP contribution >= 0.6 is 0 Å². The summed E-state index contributed by atoms with van der Waals surface area (Å²) in [6, 6.07) is 4.24. The van der Waals surface area contributed by atoms with E-state index in [0.29, 0.717) is 5.56 Å². The Kier molecular flexibility index (Phi) is 3.96. The van der Waals surface area contributed by atoms with Crippen molar-refractivity contribution in [1.82, 2.24) is 25.4 Å². The van der Waals surface area contributed by atoms with Crippen LogP contribution in [0.2, 0.25) is 0 Å². The van der Waals surface area contributed by atoms with Gasteiger partial charge in [0.15, 0.2) is 0 Å². The number of rotatable bonds is 4. The van der Waals surface area contributed by atoms with E-state index < -0.39 is 0 Å². The van der Waals surface area contributed by atoms with Crippen molar-refractivity contribution >= 4 is 5.91 Å². The van der Waals surface area contributed by atoms with Gasteiger partial charge in [0, 0.05) is 26.0 Å². The summed E-state index contributed by atoms with van der Waals surface area (Å²) in [4.78, 5) is 18.5. The Balaban J connectivity index is 1.81. The lowest BCUT2D eigenvalue weighted by Crippen LogP contribution is -2.26. The molecule has 2 N–H and O–H groups in total. The van der Waals surface area contributed by atoms with Gasteiger partial charge in [0.2, 0.25) is 0 Å². The molecule has 1 saturated heterocycles. The van der Waals surface area contributed by atoms with Gasteiger partial charge in [-0.3, -0.25) is 19.8 Å². The molecule has 110 valence electrons. The number of carbonyl (C=O) groups is 1. The second-order valence-corrected chi connectivity index (χ2v) is 5.27. The van der Waals surface area contributed by atoms with Gasteiger partial charge in [-0.25, -0.2) is 0 Å². The molecule has 3 rings (SSSR count). The number of carbonyl (C=O) groups excluding carboxylic acids is 1. The molecule has 0 aliphatic carbocycles. The third-order valence-electron chi connectivity index (χ3n) is 3.95. The quantitative estimate of drug-likeness (QED) is 0.893. The summed E-state index contributed by atoms with van der Waals surface area (Å²) in [5.41, 5.74) is 2.74. The first-order valence-electron chi connectivity index (χ1n) is 7.18. The Morgan fingerprint density at radius 2 is 2.43 bits per heavy atom. The number of hydrogen-bond donors (Lipinski definition) is 2. The minimum absolute atomic E-state index is 0.0908. The van der Waals surface area contributed by atoms with Crippen LogP contribution in [0.15, 0.2) is 30.7 Å². The lowest BCUT2D eigenvalue weighted by molar-refractivity contribution is 0.0960. The molecule has 0 spiro atoms. The van der Waals surface area contributed by atoms with Crippen LogP contribution in [0.3, 0.4) is 0 Å². The van der Waals surface area contributed by atoms with E-state index in [1.54, 1.807) is 19.4 Å². The average Bonchev–Trinajstić information content (AvgIpc) is 3.16. The molecule has 0 bridgehead atoms. The summed E-state index contributed by atoms with van der Waals surface area (Å²) >= 11 is 0. The minimum atomic E-state index is -0.0908. The maximum atomic E-state index is 11.9.